The van der Waals surface area contributed by atoms with Crippen molar-refractivity contribution < 1.29 is 5.11 Å². The summed E-state index contributed by atoms with van der Waals surface area (Å²) in [5, 5.41) is 11.2. The third-order valence-corrected chi connectivity index (χ3v) is 4.08. The van der Waals surface area contributed by atoms with Crippen LogP contribution in [0.3, 0.4) is 0 Å². The minimum absolute atomic E-state index is 0.0102. The Balaban J connectivity index is 2.28. The highest BCUT2D eigenvalue weighted by atomic mass is 32.1. The van der Waals surface area contributed by atoms with Crippen molar-refractivity contribution in [2.24, 2.45) is 7.05 Å². The van der Waals surface area contributed by atoms with Gasteiger partial charge in [0.25, 0.3) is 0 Å². The number of nitrogens with zero attached hydrogens (tertiary/aromatic N) is 2. The fraction of sp³-hybridized carbons (Fsp3) is 0.214. The third-order valence-electron chi connectivity index (χ3n) is 3.13. The first kappa shape index (κ1) is 11.4. The first-order valence-corrected chi connectivity index (χ1v) is 6.64. The van der Waals surface area contributed by atoms with E-state index in [4.69, 9.17) is 0 Å². The summed E-state index contributed by atoms with van der Waals surface area (Å²) in [7, 11) is 2.04. The maximum absolute atomic E-state index is 9.18. The summed E-state index contributed by atoms with van der Waals surface area (Å²) in [5.74, 6) is 0. The van der Waals surface area contributed by atoms with E-state index in [-0.39, 0.29) is 6.61 Å². The van der Waals surface area contributed by atoms with Crippen LogP contribution in [0.25, 0.3) is 22.2 Å². The number of aryl methyl sites for hydroxylation is 2. The second kappa shape index (κ2) is 4.23. The second-order valence-electron chi connectivity index (χ2n) is 4.34. The number of rotatable bonds is 2. The van der Waals surface area contributed by atoms with Gasteiger partial charge < -0.3 is 9.67 Å². The predicted molar refractivity (Wildman–Crippen MR) is 74.7 cm³/mol. The van der Waals surface area contributed by atoms with Crippen molar-refractivity contribution in [3.63, 3.8) is 0 Å². The molecule has 1 N–H and O–H groups in total. The van der Waals surface area contributed by atoms with Gasteiger partial charge in [0.1, 0.15) is 5.01 Å². The van der Waals surface area contributed by atoms with Crippen molar-refractivity contribution in [3.05, 3.63) is 40.3 Å². The van der Waals surface area contributed by atoms with Gasteiger partial charge in [-0.05, 0) is 13.0 Å². The molecule has 0 aliphatic carbocycles. The molecule has 2 aromatic heterocycles. The van der Waals surface area contributed by atoms with E-state index in [1.54, 1.807) is 11.3 Å². The summed E-state index contributed by atoms with van der Waals surface area (Å²) in [6.07, 6.45) is 2.11. The van der Waals surface area contributed by atoms with E-state index in [9.17, 15) is 5.11 Å². The van der Waals surface area contributed by atoms with Gasteiger partial charge in [0.2, 0.25) is 0 Å². The molecule has 0 spiro atoms. The first-order valence-electron chi connectivity index (χ1n) is 5.82. The van der Waals surface area contributed by atoms with Crippen molar-refractivity contribution in [2.75, 3.05) is 0 Å². The lowest BCUT2D eigenvalue weighted by molar-refractivity contribution is 0.281. The number of aliphatic hydroxyl groups excluding tert-OH is 1. The summed E-state index contributed by atoms with van der Waals surface area (Å²) >= 11 is 1.56. The average molecular weight is 258 g/mol. The van der Waals surface area contributed by atoms with E-state index >= 15 is 0 Å². The fourth-order valence-electron chi connectivity index (χ4n) is 2.30. The lowest BCUT2D eigenvalue weighted by Crippen LogP contribution is -1.83. The number of hydrogen-bond donors (Lipinski definition) is 1. The molecule has 0 unspecified atom stereocenters. The highest BCUT2D eigenvalue weighted by Crippen LogP contribution is 2.33. The summed E-state index contributed by atoms with van der Waals surface area (Å²) in [4.78, 5) is 5.67. The predicted octanol–water partition coefficient (Wildman–Crippen LogP) is 3.10. The molecular weight excluding hydrogens is 244 g/mol. The zero-order chi connectivity index (χ0) is 12.7. The molecule has 0 amide bonds. The molecule has 0 radical (unpaired) electrons. The average Bonchev–Trinajstić information content (AvgIpc) is 2.91. The van der Waals surface area contributed by atoms with Crippen molar-refractivity contribution in [1.29, 1.82) is 0 Å². The second-order valence-corrected chi connectivity index (χ2v) is 5.63. The molecule has 3 rings (SSSR count). The first-order chi connectivity index (χ1) is 8.70. The number of para-hydroxylation sites is 1. The van der Waals surface area contributed by atoms with E-state index < -0.39 is 0 Å². The van der Waals surface area contributed by atoms with Gasteiger partial charge in [-0.2, -0.15) is 0 Å². The van der Waals surface area contributed by atoms with E-state index in [1.165, 1.54) is 10.9 Å². The van der Waals surface area contributed by atoms with Crippen molar-refractivity contribution >= 4 is 22.2 Å². The summed E-state index contributed by atoms with van der Waals surface area (Å²) in [6.45, 7) is 2.06. The van der Waals surface area contributed by atoms with Crippen molar-refractivity contribution in [2.45, 2.75) is 13.5 Å². The maximum Gasteiger partial charge on any atom is 0.119 e. The van der Waals surface area contributed by atoms with Crippen LogP contribution in [0.4, 0.5) is 0 Å². The zero-order valence-corrected chi connectivity index (χ0v) is 11.2. The lowest BCUT2D eigenvalue weighted by atomic mass is 10.1. The molecule has 0 fully saturated rings. The number of aromatic nitrogens is 2. The zero-order valence-electron chi connectivity index (χ0n) is 10.3. The number of aliphatic hydroxyl groups is 1. The minimum Gasteiger partial charge on any atom is -0.389 e. The highest BCUT2D eigenvalue weighted by molar-refractivity contribution is 7.12. The fourth-order valence-corrected chi connectivity index (χ4v) is 3.11. The molecule has 1 aromatic carbocycles. The Bertz CT molecular complexity index is 712. The Morgan fingerprint density at radius 2 is 2.11 bits per heavy atom. The normalized spacial score (nSPS) is 11.3. The molecule has 0 atom stereocenters. The SMILES string of the molecule is Cc1sc(CO)nc1-c1cn(C)c2ccccc12. The molecule has 0 saturated carbocycles. The monoisotopic (exact) mass is 258 g/mol. The molecule has 0 bridgehead atoms. The number of benzene rings is 1. The summed E-state index contributed by atoms with van der Waals surface area (Å²) in [5.41, 5.74) is 3.33. The topological polar surface area (TPSA) is 38.1 Å². The third kappa shape index (κ3) is 1.65. The molecule has 3 aromatic rings. The maximum atomic E-state index is 9.18. The number of thiazole rings is 1. The van der Waals surface area contributed by atoms with Crippen molar-refractivity contribution in [3.8, 4) is 11.3 Å². The Hall–Kier alpha value is -1.65. The molecule has 18 heavy (non-hydrogen) atoms. The minimum atomic E-state index is 0.0102. The van der Waals surface area contributed by atoms with Crippen molar-refractivity contribution in [1.82, 2.24) is 9.55 Å². The van der Waals surface area contributed by atoms with E-state index in [0.717, 1.165) is 21.1 Å². The van der Waals surface area contributed by atoms with Crippen LogP contribution in [0.5, 0.6) is 0 Å². The van der Waals surface area contributed by atoms with Crippen LogP contribution in [-0.2, 0) is 13.7 Å². The Morgan fingerprint density at radius 1 is 1.33 bits per heavy atom. The van der Waals surface area contributed by atoms with Crippen LogP contribution in [0, 0.1) is 6.92 Å². The van der Waals surface area contributed by atoms with Gasteiger partial charge in [-0.3, -0.25) is 0 Å². The Kier molecular flexibility index (Phi) is 2.69. The van der Waals surface area contributed by atoms with Gasteiger partial charge >= 0.3 is 0 Å². The molecule has 0 aliphatic rings. The van der Waals surface area contributed by atoms with Crippen LogP contribution >= 0.6 is 11.3 Å². The van der Waals surface area contributed by atoms with E-state index in [1.807, 2.05) is 26.1 Å². The standard InChI is InChI=1S/C14H14N2OS/c1-9-14(15-13(8-17)18-9)11-7-16(2)12-6-4-3-5-10(11)12/h3-7,17H,8H2,1-2H3. The lowest BCUT2D eigenvalue weighted by Gasteiger charge is -1.96. The van der Waals surface area contributed by atoms with Crippen LogP contribution in [0.2, 0.25) is 0 Å². The molecule has 2 heterocycles. The van der Waals surface area contributed by atoms with Gasteiger partial charge in [0, 0.05) is 34.6 Å². The molecular formula is C14H14N2OS. The van der Waals surface area contributed by atoms with Gasteiger partial charge in [-0.15, -0.1) is 11.3 Å². The highest BCUT2D eigenvalue weighted by Gasteiger charge is 2.14. The molecule has 0 saturated heterocycles. The van der Waals surface area contributed by atoms with Gasteiger partial charge in [0.15, 0.2) is 0 Å². The van der Waals surface area contributed by atoms with E-state index in [0.29, 0.717) is 0 Å². The Morgan fingerprint density at radius 3 is 2.83 bits per heavy atom. The van der Waals surface area contributed by atoms with E-state index in [2.05, 4.69) is 27.9 Å². The quantitative estimate of drug-likeness (QED) is 0.767. The molecule has 0 aliphatic heterocycles. The number of hydrogen-bond acceptors (Lipinski definition) is 3. The summed E-state index contributed by atoms with van der Waals surface area (Å²) < 4.78 is 2.11. The van der Waals surface area contributed by atoms with Gasteiger partial charge in [-0.1, -0.05) is 18.2 Å². The Labute approximate surface area is 109 Å². The number of fused-ring (bicyclic) bond motifs is 1. The van der Waals surface area contributed by atoms with Gasteiger partial charge in [0.05, 0.1) is 12.3 Å². The molecule has 92 valence electrons. The van der Waals surface area contributed by atoms with Crippen LogP contribution < -0.4 is 0 Å². The molecule has 4 heteroatoms. The smallest absolute Gasteiger partial charge is 0.119 e. The van der Waals surface area contributed by atoms with Crippen LogP contribution in [-0.4, -0.2) is 14.7 Å². The summed E-state index contributed by atoms with van der Waals surface area (Å²) in [6, 6.07) is 8.30. The largest absolute Gasteiger partial charge is 0.389 e. The van der Waals surface area contributed by atoms with Crippen LogP contribution in [0.15, 0.2) is 30.5 Å². The molecule has 3 nitrogen and oxygen atoms in total. The van der Waals surface area contributed by atoms with Gasteiger partial charge in [-0.25, -0.2) is 4.98 Å². The van der Waals surface area contributed by atoms with Crippen LogP contribution in [0.1, 0.15) is 9.88 Å².